The number of aryl methyl sites for hydroxylation is 2. The van der Waals surface area contributed by atoms with Crippen molar-refractivity contribution in [3.63, 3.8) is 0 Å². The Morgan fingerprint density at radius 3 is 2.72 bits per heavy atom. The van der Waals surface area contributed by atoms with Crippen LogP contribution in [-0.2, 0) is 17.6 Å². The molecule has 3 heterocycles. The highest BCUT2D eigenvalue weighted by atomic mass is 16.4. The van der Waals surface area contributed by atoms with E-state index in [0.29, 0.717) is 12.3 Å². The molecule has 7 heteroatoms. The van der Waals surface area contributed by atoms with Crippen LogP contribution in [0.3, 0.4) is 0 Å². The molecule has 3 aromatic heterocycles. The Labute approximate surface area is 167 Å². The van der Waals surface area contributed by atoms with Crippen LogP contribution in [0, 0.1) is 0 Å². The lowest BCUT2D eigenvalue weighted by molar-refractivity contribution is -0.111. The van der Waals surface area contributed by atoms with E-state index >= 15 is 0 Å². The lowest BCUT2D eigenvalue weighted by Gasteiger charge is -2.05. The highest BCUT2D eigenvalue weighted by Crippen LogP contribution is 2.24. The molecule has 4 rings (SSSR count). The van der Waals surface area contributed by atoms with Gasteiger partial charge in [-0.3, -0.25) is 9.78 Å². The Balaban J connectivity index is 1.36. The fourth-order valence-electron chi connectivity index (χ4n) is 2.86. The first-order chi connectivity index (χ1) is 14.3. The molecular formula is C22H18N4O3. The van der Waals surface area contributed by atoms with Crippen molar-refractivity contribution >= 4 is 17.7 Å². The van der Waals surface area contributed by atoms with Gasteiger partial charge in [0.05, 0.1) is 6.26 Å². The van der Waals surface area contributed by atoms with Crippen LogP contribution in [0.5, 0.6) is 0 Å². The molecule has 4 aromatic rings. The zero-order valence-corrected chi connectivity index (χ0v) is 15.5. The minimum atomic E-state index is -0.224. The number of furan rings is 1. The molecule has 7 nitrogen and oxygen atoms in total. The number of amides is 1. The van der Waals surface area contributed by atoms with Crippen molar-refractivity contribution in [2.45, 2.75) is 12.8 Å². The minimum absolute atomic E-state index is 0.224. The summed E-state index contributed by atoms with van der Waals surface area (Å²) in [6, 6.07) is 13.2. The highest BCUT2D eigenvalue weighted by molar-refractivity contribution is 6.02. The number of anilines is 1. The number of carbonyl (C=O) groups excluding carboxylic acids is 1. The minimum Gasteiger partial charge on any atom is -0.464 e. The maximum absolute atomic E-state index is 12.3. The molecule has 144 valence electrons. The number of nitrogens with one attached hydrogen (secondary N) is 1. The largest absolute Gasteiger partial charge is 0.464 e. The third-order valence-electron chi connectivity index (χ3n) is 4.31. The van der Waals surface area contributed by atoms with Crippen molar-refractivity contribution < 1.29 is 13.6 Å². The predicted octanol–water partition coefficient (Wildman–Crippen LogP) is 4.16. The first kappa shape index (κ1) is 18.4. The van der Waals surface area contributed by atoms with Crippen molar-refractivity contribution in [3.8, 4) is 11.3 Å². The summed E-state index contributed by atoms with van der Waals surface area (Å²) < 4.78 is 10.6. The quantitative estimate of drug-likeness (QED) is 0.479. The molecule has 0 saturated heterocycles. The van der Waals surface area contributed by atoms with E-state index in [1.54, 1.807) is 24.7 Å². The Morgan fingerprint density at radius 1 is 1.07 bits per heavy atom. The first-order valence-corrected chi connectivity index (χ1v) is 9.09. The summed E-state index contributed by atoms with van der Waals surface area (Å²) >= 11 is 0. The SMILES string of the molecule is O=C(C=Cc1cnccc1-c1ccco1)Nc1ccc(CCc2nnco2)cc1. The van der Waals surface area contributed by atoms with E-state index in [0.717, 1.165) is 34.6 Å². The predicted molar refractivity (Wildman–Crippen MR) is 108 cm³/mol. The van der Waals surface area contributed by atoms with Gasteiger partial charge in [0.1, 0.15) is 5.76 Å². The Bertz CT molecular complexity index is 1090. The number of aromatic nitrogens is 3. The Morgan fingerprint density at radius 2 is 1.97 bits per heavy atom. The van der Waals surface area contributed by atoms with Crippen molar-refractivity contribution in [3.05, 3.63) is 90.6 Å². The molecule has 1 aromatic carbocycles. The van der Waals surface area contributed by atoms with Gasteiger partial charge < -0.3 is 14.2 Å². The molecule has 0 atom stereocenters. The smallest absolute Gasteiger partial charge is 0.248 e. The van der Waals surface area contributed by atoms with Crippen LogP contribution in [0.4, 0.5) is 5.69 Å². The zero-order valence-electron chi connectivity index (χ0n) is 15.5. The molecule has 0 aliphatic heterocycles. The molecule has 0 bridgehead atoms. The van der Waals surface area contributed by atoms with Gasteiger partial charge in [-0.25, -0.2) is 0 Å². The van der Waals surface area contributed by atoms with Crippen molar-refractivity contribution in [2.75, 3.05) is 5.32 Å². The van der Waals surface area contributed by atoms with E-state index in [4.69, 9.17) is 8.83 Å². The second kappa shape index (κ2) is 8.79. The molecule has 29 heavy (non-hydrogen) atoms. The van der Waals surface area contributed by atoms with Gasteiger partial charge in [-0.2, -0.15) is 0 Å². The van der Waals surface area contributed by atoms with Gasteiger partial charge in [-0.05, 0) is 48.4 Å². The fraction of sp³-hybridized carbons (Fsp3) is 0.0909. The molecular weight excluding hydrogens is 368 g/mol. The van der Waals surface area contributed by atoms with E-state index < -0.39 is 0 Å². The van der Waals surface area contributed by atoms with Gasteiger partial charge in [0.25, 0.3) is 0 Å². The number of pyridine rings is 1. The van der Waals surface area contributed by atoms with Crippen molar-refractivity contribution in [2.24, 2.45) is 0 Å². The Kier molecular flexibility index (Phi) is 5.57. The second-order valence-corrected chi connectivity index (χ2v) is 6.29. The van der Waals surface area contributed by atoms with Gasteiger partial charge in [-0.1, -0.05) is 12.1 Å². The van der Waals surface area contributed by atoms with E-state index in [9.17, 15) is 4.79 Å². The third kappa shape index (κ3) is 4.84. The number of hydrogen-bond donors (Lipinski definition) is 1. The maximum Gasteiger partial charge on any atom is 0.248 e. The van der Waals surface area contributed by atoms with E-state index in [2.05, 4.69) is 20.5 Å². The average Bonchev–Trinajstić information content (AvgIpc) is 3.46. The number of hydrogen-bond acceptors (Lipinski definition) is 6. The maximum atomic E-state index is 12.3. The van der Waals surface area contributed by atoms with Crippen LogP contribution in [0.15, 0.2) is 82.4 Å². The first-order valence-electron chi connectivity index (χ1n) is 9.09. The highest BCUT2D eigenvalue weighted by Gasteiger charge is 2.06. The summed E-state index contributed by atoms with van der Waals surface area (Å²) in [6.07, 6.45) is 11.0. The van der Waals surface area contributed by atoms with Crippen molar-refractivity contribution in [1.29, 1.82) is 0 Å². The number of nitrogens with zero attached hydrogens (tertiary/aromatic N) is 3. The summed E-state index contributed by atoms with van der Waals surface area (Å²) in [5, 5.41) is 10.4. The van der Waals surface area contributed by atoms with Crippen LogP contribution >= 0.6 is 0 Å². The fourth-order valence-corrected chi connectivity index (χ4v) is 2.86. The summed E-state index contributed by atoms with van der Waals surface area (Å²) in [5.74, 6) is 1.11. The van der Waals surface area contributed by atoms with Crippen LogP contribution in [0.2, 0.25) is 0 Å². The summed E-state index contributed by atoms with van der Waals surface area (Å²) in [5.41, 5.74) is 3.52. The average molecular weight is 386 g/mol. The lowest BCUT2D eigenvalue weighted by atomic mass is 10.1. The van der Waals surface area contributed by atoms with Gasteiger partial charge in [0.2, 0.25) is 18.2 Å². The molecule has 0 radical (unpaired) electrons. The zero-order chi connectivity index (χ0) is 19.9. The lowest BCUT2D eigenvalue weighted by Crippen LogP contribution is -2.07. The van der Waals surface area contributed by atoms with E-state index in [-0.39, 0.29) is 5.91 Å². The normalized spacial score (nSPS) is 11.0. The third-order valence-corrected chi connectivity index (χ3v) is 4.31. The number of carbonyl (C=O) groups is 1. The van der Waals surface area contributed by atoms with Gasteiger partial charge in [0, 0.05) is 41.7 Å². The van der Waals surface area contributed by atoms with E-state index in [1.807, 2.05) is 42.5 Å². The molecule has 1 amide bonds. The van der Waals surface area contributed by atoms with Crippen LogP contribution < -0.4 is 5.32 Å². The number of benzene rings is 1. The van der Waals surface area contributed by atoms with Crippen LogP contribution in [0.1, 0.15) is 17.0 Å². The van der Waals surface area contributed by atoms with Gasteiger partial charge >= 0.3 is 0 Å². The monoisotopic (exact) mass is 386 g/mol. The molecule has 0 fully saturated rings. The Hall–Kier alpha value is -4.00. The molecule has 1 N–H and O–H groups in total. The van der Waals surface area contributed by atoms with Gasteiger partial charge in [-0.15, -0.1) is 10.2 Å². The van der Waals surface area contributed by atoms with Crippen LogP contribution in [0.25, 0.3) is 17.4 Å². The van der Waals surface area contributed by atoms with Gasteiger partial charge in [0.15, 0.2) is 0 Å². The molecule has 0 aliphatic rings. The second-order valence-electron chi connectivity index (χ2n) is 6.29. The standard InChI is InChI=1S/C22H18N4O3/c27-21(9-6-17-14-23-12-11-19(17)20-2-1-13-28-20)25-18-7-3-16(4-8-18)5-10-22-26-24-15-29-22/h1-4,6-9,11-15H,5,10H2,(H,25,27). The van der Waals surface area contributed by atoms with Crippen molar-refractivity contribution in [1.82, 2.24) is 15.2 Å². The molecule has 0 unspecified atom stereocenters. The molecule has 0 spiro atoms. The summed E-state index contributed by atoms with van der Waals surface area (Å²) in [6.45, 7) is 0. The molecule has 0 saturated carbocycles. The molecule has 0 aliphatic carbocycles. The van der Waals surface area contributed by atoms with E-state index in [1.165, 1.54) is 12.5 Å². The summed E-state index contributed by atoms with van der Waals surface area (Å²) in [4.78, 5) is 16.4. The number of rotatable bonds is 7. The summed E-state index contributed by atoms with van der Waals surface area (Å²) in [7, 11) is 0. The topological polar surface area (TPSA) is 94.1 Å². The van der Waals surface area contributed by atoms with Crippen LogP contribution in [-0.4, -0.2) is 21.1 Å².